The van der Waals surface area contributed by atoms with E-state index in [1.54, 1.807) is 13.0 Å². The predicted molar refractivity (Wildman–Crippen MR) is 64.5 cm³/mol. The fourth-order valence-corrected chi connectivity index (χ4v) is 1.32. The van der Waals surface area contributed by atoms with E-state index in [1.807, 2.05) is 13.8 Å². The highest BCUT2D eigenvalue weighted by molar-refractivity contribution is 5.80. The van der Waals surface area contributed by atoms with E-state index in [2.05, 4.69) is 5.32 Å². The molecule has 1 aromatic carbocycles. The van der Waals surface area contributed by atoms with Crippen LogP contribution in [0.15, 0.2) is 18.2 Å². The molecule has 0 aliphatic rings. The Bertz CT molecular complexity index is 480. The van der Waals surface area contributed by atoms with Crippen molar-refractivity contribution in [3.63, 3.8) is 0 Å². The van der Waals surface area contributed by atoms with Crippen molar-refractivity contribution in [3.8, 4) is 11.8 Å². The van der Waals surface area contributed by atoms with Crippen LogP contribution in [0, 0.1) is 17.1 Å². The van der Waals surface area contributed by atoms with Crippen LogP contribution in [-0.4, -0.2) is 18.1 Å². The standard InChI is InChI=1S/C13H15FN2O2/c1-8(2)16-13(17)9(3)18-11-5-4-10(7-15)12(14)6-11/h4-6,8-9H,1-3H3,(H,16,17). The number of benzene rings is 1. The third-order valence-electron chi connectivity index (χ3n) is 2.17. The van der Waals surface area contributed by atoms with E-state index in [9.17, 15) is 9.18 Å². The molecule has 0 saturated carbocycles. The van der Waals surface area contributed by atoms with Crippen LogP contribution < -0.4 is 10.1 Å². The molecule has 1 N–H and O–H groups in total. The summed E-state index contributed by atoms with van der Waals surface area (Å²) in [7, 11) is 0. The minimum Gasteiger partial charge on any atom is -0.481 e. The van der Waals surface area contributed by atoms with Gasteiger partial charge in [-0.15, -0.1) is 0 Å². The molecule has 0 bridgehead atoms. The molecule has 1 rings (SSSR count). The summed E-state index contributed by atoms with van der Waals surface area (Å²) in [5, 5.41) is 11.3. The van der Waals surface area contributed by atoms with E-state index in [0.29, 0.717) is 0 Å². The molecule has 0 heterocycles. The minimum absolute atomic E-state index is 0.0150. The van der Waals surface area contributed by atoms with Gasteiger partial charge in [-0.2, -0.15) is 5.26 Å². The van der Waals surface area contributed by atoms with E-state index < -0.39 is 11.9 Å². The van der Waals surface area contributed by atoms with Crippen LogP contribution in [0.2, 0.25) is 0 Å². The largest absolute Gasteiger partial charge is 0.481 e. The molecule has 5 heteroatoms. The lowest BCUT2D eigenvalue weighted by molar-refractivity contribution is -0.127. The number of ether oxygens (including phenoxy) is 1. The zero-order chi connectivity index (χ0) is 13.7. The second-order valence-electron chi connectivity index (χ2n) is 4.18. The molecule has 1 unspecified atom stereocenters. The van der Waals surface area contributed by atoms with Crippen molar-refractivity contribution in [1.82, 2.24) is 5.32 Å². The molecule has 0 aromatic heterocycles. The second kappa shape index (κ2) is 6.01. The molecule has 0 spiro atoms. The summed E-state index contributed by atoms with van der Waals surface area (Å²) >= 11 is 0. The first-order valence-corrected chi connectivity index (χ1v) is 5.60. The smallest absolute Gasteiger partial charge is 0.260 e. The van der Waals surface area contributed by atoms with Crippen LogP contribution in [0.4, 0.5) is 4.39 Å². The van der Waals surface area contributed by atoms with E-state index >= 15 is 0 Å². The van der Waals surface area contributed by atoms with Crippen LogP contribution in [0.5, 0.6) is 5.75 Å². The van der Waals surface area contributed by atoms with Crippen LogP contribution in [-0.2, 0) is 4.79 Å². The molecule has 1 amide bonds. The van der Waals surface area contributed by atoms with Gasteiger partial charge < -0.3 is 10.1 Å². The Labute approximate surface area is 105 Å². The van der Waals surface area contributed by atoms with Gasteiger partial charge in [-0.3, -0.25) is 4.79 Å². The number of nitrogens with zero attached hydrogens (tertiary/aromatic N) is 1. The van der Waals surface area contributed by atoms with Crippen molar-refractivity contribution in [3.05, 3.63) is 29.6 Å². The fourth-order valence-electron chi connectivity index (χ4n) is 1.32. The molecule has 0 fully saturated rings. The highest BCUT2D eigenvalue weighted by Crippen LogP contribution is 2.17. The Balaban J connectivity index is 2.71. The summed E-state index contributed by atoms with van der Waals surface area (Å²) in [6.45, 7) is 5.26. The van der Waals surface area contributed by atoms with E-state index in [0.717, 1.165) is 6.07 Å². The Hall–Kier alpha value is -2.09. The van der Waals surface area contributed by atoms with Gasteiger partial charge in [-0.1, -0.05) is 0 Å². The molecule has 18 heavy (non-hydrogen) atoms. The average molecular weight is 250 g/mol. The quantitative estimate of drug-likeness (QED) is 0.888. The molecule has 1 aromatic rings. The number of nitriles is 1. The number of nitrogens with one attached hydrogen (secondary N) is 1. The molecule has 0 radical (unpaired) electrons. The van der Waals surface area contributed by atoms with Crippen molar-refractivity contribution in [2.24, 2.45) is 0 Å². The number of hydrogen-bond acceptors (Lipinski definition) is 3. The van der Waals surface area contributed by atoms with Gasteiger partial charge in [0.05, 0.1) is 5.56 Å². The summed E-state index contributed by atoms with van der Waals surface area (Å²) in [5.74, 6) is -0.709. The van der Waals surface area contributed by atoms with Crippen molar-refractivity contribution in [2.45, 2.75) is 32.9 Å². The molecule has 0 saturated heterocycles. The van der Waals surface area contributed by atoms with Gasteiger partial charge in [-0.25, -0.2) is 4.39 Å². The number of rotatable bonds is 4. The van der Waals surface area contributed by atoms with E-state index in [1.165, 1.54) is 12.1 Å². The van der Waals surface area contributed by atoms with Gasteiger partial charge in [0.2, 0.25) is 0 Å². The number of halogens is 1. The lowest BCUT2D eigenvalue weighted by Gasteiger charge is -2.16. The van der Waals surface area contributed by atoms with E-state index in [4.69, 9.17) is 10.00 Å². The summed E-state index contributed by atoms with van der Waals surface area (Å²) in [4.78, 5) is 11.6. The maximum atomic E-state index is 13.3. The average Bonchev–Trinajstić information content (AvgIpc) is 2.28. The summed E-state index contributed by atoms with van der Waals surface area (Å²) in [6.07, 6.45) is -0.722. The molecule has 4 nitrogen and oxygen atoms in total. The van der Waals surface area contributed by atoms with Crippen molar-refractivity contribution < 1.29 is 13.9 Å². The van der Waals surface area contributed by atoms with Crippen LogP contribution in [0.3, 0.4) is 0 Å². The summed E-state index contributed by atoms with van der Waals surface area (Å²) in [5.41, 5.74) is -0.0540. The summed E-state index contributed by atoms with van der Waals surface area (Å²) < 4.78 is 18.6. The maximum absolute atomic E-state index is 13.3. The summed E-state index contributed by atoms with van der Waals surface area (Å²) in [6, 6.07) is 5.60. The molecule has 0 aliphatic carbocycles. The van der Waals surface area contributed by atoms with Crippen molar-refractivity contribution >= 4 is 5.91 Å². The zero-order valence-corrected chi connectivity index (χ0v) is 10.5. The number of carbonyl (C=O) groups excluding carboxylic acids is 1. The highest BCUT2D eigenvalue weighted by atomic mass is 19.1. The fraction of sp³-hybridized carbons (Fsp3) is 0.385. The van der Waals surface area contributed by atoms with Crippen molar-refractivity contribution in [1.29, 1.82) is 5.26 Å². The van der Waals surface area contributed by atoms with Crippen LogP contribution in [0.1, 0.15) is 26.3 Å². The molecule has 96 valence electrons. The van der Waals surface area contributed by atoms with Crippen LogP contribution in [0.25, 0.3) is 0 Å². The molecule has 1 atom stereocenters. The molecular formula is C13H15FN2O2. The zero-order valence-electron chi connectivity index (χ0n) is 10.5. The van der Waals surface area contributed by atoms with Gasteiger partial charge in [0, 0.05) is 12.1 Å². The Morgan fingerprint density at radius 2 is 2.11 bits per heavy atom. The highest BCUT2D eigenvalue weighted by Gasteiger charge is 2.16. The number of amides is 1. The SMILES string of the molecule is CC(C)NC(=O)C(C)Oc1ccc(C#N)c(F)c1. The third-order valence-corrected chi connectivity index (χ3v) is 2.17. The van der Waals surface area contributed by atoms with Crippen LogP contribution >= 0.6 is 0 Å². The molecule has 0 aliphatic heterocycles. The topological polar surface area (TPSA) is 62.1 Å². The Morgan fingerprint density at radius 1 is 1.44 bits per heavy atom. The lowest BCUT2D eigenvalue weighted by Crippen LogP contribution is -2.40. The Morgan fingerprint density at radius 3 is 2.61 bits per heavy atom. The van der Waals surface area contributed by atoms with Gasteiger partial charge in [0.15, 0.2) is 6.10 Å². The van der Waals surface area contributed by atoms with Gasteiger partial charge >= 0.3 is 0 Å². The predicted octanol–water partition coefficient (Wildman–Crippen LogP) is 1.99. The van der Waals surface area contributed by atoms with Gasteiger partial charge in [-0.05, 0) is 32.9 Å². The lowest BCUT2D eigenvalue weighted by atomic mass is 10.2. The minimum atomic E-state index is -0.722. The maximum Gasteiger partial charge on any atom is 0.260 e. The monoisotopic (exact) mass is 250 g/mol. The Kier molecular flexibility index (Phi) is 4.67. The second-order valence-corrected chi connectivity index (χ2v) is 4.18. The first-order chi connectivity index (χ1) is 8.43. The third kappa shape index (κ3) is 3.74. The van der Waals surface area contributed by atoms with E-state index in [-0.39, 0.29) is 23.3 Å². The first kappa shape index (κ1) is 14.0. The number of hydrogen-bond donors (Lipinski definition) is 1. The van der Waals surface area contributed by atoms with Gasteiger partial charge in [0.1, 0.15) is 17.6 Å². The number of carbonyl (C=O) groups is 1. The van der Waals surface area contributed by atoms with Crippen molar-refractivity contribution in [2.75, 3.05) is 0 Å². The normalized spacial score (nSPS) is 11.8. The first-order valence-electron chi connectivity index (χ1n) is 5.60. The molecular weight excluding hydrogens is 235 g/mol. The van der Waals surface area contributed by atoms with Gasteiger partial charge in [0.25, 0.3) is 5.91 Å².